The molecule has 1 saturated heterocycles. The van der Waals surface area contributed by atoms with Crippen LogP contribution in [0, 0.1) is 0 Å². The lowest BCUT2D eigenvalue weighted by atomic mass is 10.3. The average Bonchev–Trinajstić information content (AvgIpc) is 3.37. The molecule has 0 saturated carbocycles. The fourth-order valence-corrected chi connectivity index (χ4v) is 3.50. The van der Waals surface area contributed by atoms with E-state index in [4.69, 9.17) is 9.73 Å². The predicted octanol–water partition coefficient (Wildman–Crippen LogP) is 1.86. The first-order valence-electron chi connectivity index (χ1n) is 9.35. The smallest absolute Gasteiger partial charge is 0.213 e. The van der Waals surface area contributed by atoms with E-state index in [1.165, 1.54) is 0 Å². The molecule has 4 rings (SSSR count). The van der Waals surface area contributed by atoms with Crippen molar-refractivity contribution in [2.75, 3.05) is 19.6 Å². The largest absolute Gasteiger partial charge is 0.472 e. The molecule has 8 nitrogen and oxygen atoms in total. The monoisotopic (exact) mass is 483 g/mol. The summed E-state index contributed by atoms with van der Waals surface area (Å²) < 4.78 is 8.18. The third-order valence-electron chi connectivity index (χ3n) is 4.76. The van der Waals surface area contributed by atoms with Gasteiger partial charge in [-0.3, -0.25) is 0 Å². The number of ether oxygens (including phenoxy) is 1. The molecule has 9 heteroatoms. The first-order valence-corrected chi connectivity index (χ1v) is 9.35. The van der Waals surface area contributed by atoms with Gasteiger partial charge < -0.3 is 19.5 Å². The number of rotatable bonds is 5. The second-order valence-electron chi connectivity index (χ2n) is 6.60. The van der Waals surface area contributed by atoms with E-state index in [-0.39, 0.29) is 30.1 Å². The van der Waals surface area contributed by atoms with Crippen molar-refractivity contribution in [1.82, 2.24) is 30.0 Å². The third-order valence-corrected chi connectivity index (χ3v) is 4.76. The highest BCUT2D eigenvalue weighted by molar-refractivity contribution is 14.0. The lowest BCUT2D eigenvalue weighted by Gasteiger charge is -2.21. The van der Waals surface area contributed by atoms with Crippen LogP contribution in [0.3, 0.4) is 0 Å². The molecule has 0 radical (unpaired) electrons. The number of halogens is 1. The molecule has 4 heterocycles. The molecule has 27 heavy (non-hydrogen) atoms. The summed E-state index contributed by atoms with van der Waals surface area (Å²) >= 11 is 0. The number of likely N-dealkylation sites (tertiary alicyclic amines) is 1. The molecule has 1 atom stereocenters. The number of nitrogens with zero attached hydrogens (tertiary/aromatic N) is 6. The van der Waals surface area contributed by atoms with Gasteiger partial charge in [0.15, 0.2) is 11.8 Å². The lowest BCUT2D eigenvalue weighted by molar-refractivity contribution is 0.205. The van der Waals surface area contributed by atoms with Crippen LogP contribution in [-0.2, 0) is 19.5 Å². The number of nitrogens with one attached hydrogen (secondary N) is 1. The third kappa shape index (κ3) is 4.69. The van der Waals surface area contributed by atoms with Gasteiger partial charge in [-0.25, -0.2) is 9.98 Å². The van der Waals surface area contributed by atoms with E-state index >= 15 is 0 Å². The zero-order chi connectivity index (χ0) is 17.8. The zero-order valence-electron chi connectivity index (χ0n) is 15.5. The van der Waals surface area contributed by atoms with Crippen LogP contribution in [0.4, 0.5) is 0 Å². The number of aromatic nitrogens is 4. The van der Waals surface area contributed by atoms with Crippen molar-refractivity contribution in [1.29, 1.82) is 0 Å². The maximum Gasteiger partial charge on any atom is 0.213 e. The Balaban J connectivity index is 0.00000210. The molecular formula is C18H26IN7O. The molecule has 0 aliphatic carbocycles. The number of fused-ring (bicyclic) bond motifs is 1. The summed E-state index contributed by atoms with van der Waals surface area (Å²) in [6, 6.07) is 5.73. The Kier molecular flexibility index (Phi) is 6.86. The minimum atomic E-state index is 0. The number of pyridine rings is 1. The van der Waals surface area contributed by atoms with Gasteiger partial charge in [0.2, 0.25) is 5.88 Å². The van der Waals surface area contributed by atoms with Crippen LogP contribution in [0.15, 0.2) is 29.4 Å². The minimum absolute atomic E-state index is 0. The van der Waals surface area contributed by atoms with Gasteiger partial charge in [0.25, 0.3) is 0 Å². The molecule has 2 aromatic heterocycles. The molecular weight excluding hydrogens is 457 g/mol. The molecule has 1 fully saturated rings. The molecule has 0 spiro atoms. The molecule has 1 unspecified atom stereocenters. The first kappa shape index (κ1) is 19.8. The van der Waals surface area contributed by atoms with Crippen molar-refractivity contribution >= 4 is 29.9 Å². The Hall–Kier alpha value is -1.91. The summed E-state index contributed by atoms with van der Waals surface area (Å²) in [4.78, 5) is 11.3. The quantitative estimate of drug-likeness (QED) is 0.398. The second-order valence-corrected chi connectivity index (χ2v) is 6.60. The number of aliphatic imine (C=N–C) groups is 1. The highest BCUT2D eigenvalue weighted by atomic mass is 127. The molecule has 2 aliphatic rings. The maximum atomic E-state index is 5.98. The summed E-state index contributed by atoms with van der Waals surface area (Å²) in [6.07, 6.45) is 5.02. The van der Waals surface area contributed by atoms with Crippen molar-refractivity contribution in [3.05, 3.63) is 36.0 Å². The van der Waals surface area contributed by atoms with E-state index in [0.717, 1.165) is 63.0 Å². The van der Waals surface area contributed by atoms with E-state index in [2.05, 4.69) is 36.9 Å². The van der Waals surface area contributed by atoms with Gasteiger partial charge in [-0.2, -0.15) is 0 Å². The van der Waals surface area contributed by atoms with Gasteiger partial charge in [-0.05, 0) is 19.4 Å². The SMILES string of the molecule is CCNC(=NCc1nnc2n1CCC2)N1CCC(Oc2ccccn2)C1.I. The van der Waals surface area contributed by atoms with Gasteiger partial charge in [-0.1, -0.05) is 6.07 Å². The zero-order valence-corrected chi connectivity index (χ0v) is 17.9. The van der Waals surface area contributed by atoms with Gasteiger partial charge in [0, 0.05) is 44.7 Å². The van der Waals surface area contributed by atoms with Gasteiger partial charge in [0.1, 0.15) is 18.5 Å². The van der Waals surface area contributed by atoms with E-state index in [1.807, 2.05) is 18.2 Å². The van der Waals surface area contributed by atoms with Crippen LogP contribution >= 0.6 is 24.0 Å². The fourth-order valence-electron chi connectivity index (χ4n) is 3.50. The van der Waals surface area contributed by atoms with Gasteiger partial charge in [-0.15, -0.1) is 34.2 Å². The second kappa shape index (κ2) is 9.34. The Bertz CT molecular complexity index is 764. The standard InChI is InChI=1S/C18H25N7O.HI/c1-2-19-18(21-12-16-23-22-15-6-5-10-25(15)16)24-11-8-14(13-24)26-17-7-3-4-9-20-17;/h3-4,7,9,14H,2,5-6,8,10-13H2,1H3,(H,19,21);1H. The van der Waals surface area contributed by atoms with E-state index in [1.54, 1.807) is 6.20 Å². The highest BCUT2D eigenvalue weighted by Gasteiger charge is 2.27. The molecule has 0 bridgehead atoms. The van der Waals surface area contributed by atoms with E-state index in [0.29, 0.717) is 12.4 Å². The summed E-state index contributed by atoms with van der Waals surface area (Å²) in [5.74, 6) is 3.63. The van der Waals surface area contributed by atoms with Crippen molar-refractivity contribution in [3.8, 4) is 5.88 Å². The Morgan fingerprint density at radius 1 is 1.33 bits per heavy atom. The summed E-state index contributed by atoms with van der Waals surface area (Å²) in [5.41, 5.74) is 0. The average molecular weight is 483 g/mol. The summed E-state index contributed by atoms with van der Waals surface area (Å²) in [5, 5.41) is 11.9. The summed E-state index contributed by atoms with van der Waals surface area (Å²) in [6.45, 7) is 6.20. The minimum Gasteiger partial charge on any atom is -0.472 e. The van der Waals surface area contributed by atoms with Crippen LogP contribution in [0.2, 0.25) is 0 Å². The molecule has 2 aliphatic heterocycles. The normalized spacial score (nSPS) is 18.9. The Morgan fingerprint density at radius 3 is 3.07 bits per heavy atom. The van der Waals surface area contributed by atoms with Crippen LogP contribution in [0.25, 0.3) is 0 Å². The van der Waals surface area contributed by atoms with Crippen molar-refractivity contribution in [2.24, 2.45) is 4.99 Å². The number of hydrogen-bond donors (Lipinski definition) is 1. The van der Waals surface area contributed by atoms with Crippen molar-refractivity contribution in [3.63, 3.8) is 0 Å². The van der Waals surface area contributed by atoms with Crippen molar-refractivity contribution < 1.29 is 4.74 Å². The van der Waals surface area contributed by atoms with Crippen LogP contribution in [-0.4, -0.2) is 56.3 Å². The molecule has 1 N–H and O–H groups in total. The summed E-state index contributed by atoms with van der Waals surface area (Å²) in [7, 11) is 0. The number of aryl methyl sites for hydroxylation is 1. The Labute approximate surface area is 176 Å². The lowest BCUT2D eigenvalue weighted by Crippen LogP contribution is -2.41. The van der Waals surface area contributed by atoms with Crippen LogP contribution < -0.4 is 10.1 Å². The van der Waals surface area contributed by atoms with Gasteiger partial charge >= 0.3 is 0 Å². The fraction of sp³-hybridized carbons (Fsp3) is 0.556. The molecule has 146 valence electrons. The molecule has 0 aromatic carbocycles. The topological polar surface area (TPSA) is 80.5 Å². The molecule has 0 amide bonds. The first-order chi connectivity index (χ1) is 12.8. The van der Waals surface area contributed by atoms with E-state index < -0.39 is 0 Å². The van der Waals surface area contributed by atoms with Gasteiger partial charge in [0.05, 0.1) is 6.54 Å². The highest BCUT2D eigenvalue weighted by Crippen LogP contribution is 2.17. The predicted molar refractivity (Wildman–Crippen MR) is 113 cm³/mol. The Morgan fingerprint density at radius 2 is 2.26 bits per heavy atom. The number of hydrogen-bond acceptors (Lipinski definition) is 5. The van der Waals surface area contributed by atoms with E-state index in [9.17, 15) is 0 Å². The number of guanidine groups is 1. The molecule has 2 aromatic rings. The van der Waals surface area contributed by atoms with Crippen LogP contribution in [0.1, 0.15) is 31.4 Å². The maximum absolute atomic E-state index is 5.98. The van der Waals surface area contributed by atoms with Crippen molar-refractivity contribution in [2.45, 2.75) is 45.4 Å². The van der Waals surface area contributed by atoms with Crippen LogP contribution in [0.5, 0.6) is 5.88 Å².